The molecule has 1 aliphatic carbocycles. The lowest BCUT2D eigenvalue weighted by atomic mass is 9.92. The zero-order chi connectivity index (χ0) is 11.7. The molecule has 1 heterocycles. The summed E-state index contributed by atoms with van der Waals surface area (Å²) >= 11 is 0. The lowest BCUT2D eigenvalue weighted by molar-refractivity contribution is 0.102. The minimum Gasteiger partial charge on any atom is -0.383 e. The van der Waals surface area contributed by atoms with Crippen molar-refractivity contribution >= 4 is 5.78 Å². The second kappa shape index (κ2) is 4.12. The lowest BCUT2D eigenvalue weighted by Gasteiger charge is -2.14. The first kappa shape index (κ1) is 10.9. The Kier molecular flexibility index (Phi) is 2.81. The fraction of sp³-hybridized carbons (Fsp3) is 0.500. The standard InChI is InChI=1S/C12H17N3O/c1-4-15-8-10-11(13-15)6-5-9(12(10)16)7-14(2)3/h7-8H,4-6H2,1-3H3/b9-7-. The molecule has 0 bridgehead atoms. The van der Waals surface area contributed by atoms with E-state index in [9.17, 15) is 4.79 Å². The van der Waals surface area contributed by atoms with E-state index in [1.807, 2.05) is 43.0 Å². The molecule has 0 unspecified atom stereocenters. The maximum atomic E-state index is 12.1. The molecule has 0 fully saturated rings. The van der Waals surface area contributed by atoms with Gasteiger partial charge in [-0.05, 0) is 19.8 Å². The first-order chi connectivity index (χ1) is 7.61. The van der Waals surface area contributed by atoms with E-state index in [1.165, 1.54) is 0 Å². The molecule has 0 aliphatic heterocycles. The van der Waals surface area contributed by atoms with Crippen molar-refractivity contribution in [3.63, 3.8) is 0 Å². The number of ketones is 1. The molecule has 16 heavy (non-hydrogen) atoms. The summed E-state index contributed by atoms with van der Waals surface area (Å²) in [5, 5.41) is 4.39. The van der Waals surface area contributed by atoms with Gasteiger partial charge in [-0.25, -0.2) is 0 Å². The van der Waals surface area contributed by atoms with Crippen LogP contribution < -0.4 is 0 Å². The zero-order valence-electron chi connectivity index (χ0n) is 10.0. The Labute approximate surface area is 95.5 Å². The summed E-state index contributed by atoms with van der Waals surface area (Å²) < 4.78 is 1.83. The molecule has 1 aromatic rings. The zero-order valence-corrected chi connectivity index (χ0v) is 10.0. The van der Waals surface area contributed by atoms with Crippen molar-refractivity contribution in [2.75, 3.05) is 14.1 Å². The molecule has 4 heteroatoms. The Bertz CT molecular complexity index is 443. The van der Waals surface area contributed by atoms with Crippen LogP contribution >= 0.6 is 0 Å². The SMILES string of the molecule is CCn1cc2c(n1)CC/C(=C/N(C)C)C2=O. The second-order valence-corrected chi connectivity index (χ2v) is 4.29. The van der Waals surface area contributed by atoms with E-state index in [2.05, 4.69) is 5.10 Å². The number of rotatable bonds is 2. The molecule has 2 rings (SSSR count). The highest BCUT2D eigenvalue weighted by Gasteiger charge is 2.24. The largest absolute Gasteiger partial charge is 0.383 e. The van der Waals surface area contributed by atoms with Crippen molar-refractivity contribution in [3.05, 3.63) is 29.2 Å². The number of carbonyl (C=O) groups excluding carboxylic acids is 1. The second-order valence-electron chi connectivity index (χ2n) is 4.29. The van der Waals surface area contributed by atoms with E-state index in [1.54, 1.807) is 0 Å². The van der Waals surface area contributed by atoms with Crippen LogP contribution in [0.25, 0.3) is 0 Å². The summed E-state index contributed by atoms with van der Waals surface area (Å²) in [6.07, 6.45) is 5.44. The molecular weight excluding hydrogens is 202 g/mol. The summed E-state index contributed by atoms with van der Waals surface area (Å²) in [7, 11) is 3.87. The van der Waals surface area contributed by atoms with Gasteiger partial charge in [0.2, 0.25) is 0 Å². The van der Waals surface area contributed by atoms with Crippen LogP contribution in [-0.2, 0) is 13.0 Å². The van der Waals surface area contributed by atoms with Gasteiger partial charge in [-0.15, -0.1) is 0 Å². The third-order valence-electron chi connectivity index (χ3n) is 2.74. The molecule has 1 aliphatic rings. The Morgan fingerprint density at radius 3 is 2.88 bits per heavy atom. The highest BCUT2D eigenvalue weighted by atomic mass is 16.1. The van der Waals surface area contributed by atoms with E-state index < -0.39 is 0 Å². The van der Waals surface area contributed by atoms with Gasteiger partial charge in [0.25, 0.3) is 0 Å². The number of fused-ring (bicyclic) bond motifs is 1. The van der Waals surface area contributed by atoms with Crippen LogP contribution in [0.4, 0.5) is 0 Å². The quantitative estimate of drug-likeness (QED) is 0.707. The summed E-state index contributed by atoms with van der Waals surface area (Å²) in [6, 6.07) is 0. The Balaban J connectivity index is 2.35. The molecule has 0 amide bonds. The van der Waals surface area contributed by atoms with Crippen molar-refractivity contribution in [2.24, 2.45) is 0 Å². The van der Waals surface area contributed by atoms with Crippen LogP contribution in [0.2, 0.25) is 0 Å². The third-order valence-corrected chi connectivity index (χ3v) is 2.74. The Morgan fingerprint density at radius 2 is 2.25 bits per heavy atom. The van der Waals surface area contributed by atoms with Gasteiger partial charge in [0.15, 0.2) is 5.78 Å². The summed E-state index contributed by atoms with van der Waals surface area (Å²) in [4.78, 5) is 14.1. The van der Waals surface area contributed by atoms with Crippen LogP contribution in [0.15, 0.2) is 18.0 Å². The van der Waals surface area contributed by atoms with Gasteiger partial charge in [-0.3, -0.25) is 9.48 Å². The lowest BCUT2D eigenvalue weighted by Crippen LogP contribution is -2.16. The van der Waals surface area contributed by atoms with Gasteiger partial charge in [0.05, 0.1) is 11.3 Å². The molecule has 86 valence electrons. The molecule has 0 spiro atoms. The van der Waals surface area contributed by atoms with Gasteiger partial charge < -0.3 is 4.90 Å². The highest BCUT2D eigenvalue weighted by Crippen LogP contribution is 2.24. The summed E-state index contributed by atoms with van der Waals surface area (Å²) in [5.41, 5.74) is 2.61. The van der Waals surface area contributed by atoms with Crippen LogP contribution in [0.3, 0.4) is 0 Å². The monoisotopic (exact) mass is 219 g/mol. The molecule has 0 aromatic carbocycles. The van der Waals surface area contributed by atoms with Gasteiger partial charge in [0.1, 0.15) is 0 Å². The number of allylic oxidation sites excluding steroid dienone is 1. The van der Waals surface area contributed by atoms with Crippen molar-refractivity contribution in [1.82, 2.24) is 14.7 Å². The smallest absolute Gasteiger partial charge is 0.193 e. The fourth-order valence-corrected chi connectivity index (χ4v) is 1.97. The predicted molar refractivity (Wildman–Crippen MR) is 62.3 cm³/mol. The van der Waals surface area contributed by atoms with E-state index in [4.69, 9.17) is 0 Å². The number of Topliss-reactive ketones (excluding diaryl/α,β-unsaturated/α-hetero) is 1. The van der Waals surface area contributed by atoms with Crippen molar-refractivity contribution < 1.29 is 4.79 Å². The molecule has 0 atom stereocenters. The highest BCUT2D eigenvalue weighted by molar-refractivity contribution is 6.10. The number of hydrogen-bond acceptors (Lipinski definition) is 3. The van der Waals surface area contributed by atoms with E-state index >= 15 is 0 Å². The van der Waals surface area contributed by atoms with Crippen LogP contribution in [-0.4, -0.2) is 34.6 Å². The normalized spacial score (nSPS) is 17.7. The van der Waals surface area contributed by atoms with Crippen LogP contribution in [0.5, 0.6) is 0 Å². The Hall–Kier alpha value is -1.58. The maximum Gasteiger partial charge on any atom is 0.193 e. The molecular formula is C12H17N3O. The van der Waals surface area contributed by atoms with E-state index in [-0.39, 0.29) is 5.78 Å². The molecule has 0 radical (unpaired) electrons. The van der Waals surface area contributed by atoms with Gasteiger partial charge in [0, 0.05) is 38.6 Å². The number of nitrogens with zero attached hydrogens (tertiary/aromatic N) is 3. The van der Waals surface area contributed by atoms with Crippen LogP contribution in [0, 0.1) is 0 Å². The number of carbonyl (C=O) groups is 1. The molecule has 0 saturated carbocycles. The number of hydrogen-bond donors (Lipinski definition) is 0. The Morgan fingerprint density at radius 1 is 1.50 bits per heavy atom. The molecule has 0 N–H and O–H groups in total. The molecule has 4 nitrogen and oxygen atoms in total. The average molecular weight is 219 g/mol. The van der Waals surface area contributed by atoms with Crippen molar-refractivity contribution in [3.8, 4) is 0 Å². The van der Waals surface area contributed by atoms with Crippen LogP contribution in [0.1, 0.15) is 29.4 Å². The number of aromatic nitrogens is 2. The first-order valence-electron chi connectivity index (χ1n) is 5.60. The predicted octanol–water partition coefficient (Wildman–Crippen LogP) is 1.48. The van der Waals surface area contributed by atoms with Crippen molar-refractivity contribution in [2.45, 2.75) is 26.3 Å². The fourth-order valence-electron chi connectivity index (χ4n) is 1.97. The average Bonchev–Trinajstić information content (AvgIpc) is 2.65. The minimum absolute atomic E-state index is 0.134. The third kappa shape index (κ3) is 1.87. The molecule has 1 aromatic heterocycles. The number of aryl methyl sites for hydroxylation is 2. The topological polar surface area (TPSA) is 38.1 Å². The van der Waals surface area contributed by atoms with Crippen molar-refractivity contribution in [1.29, 1.82) is 0 Å². The van der Waals surface area contributed by atoms with Gasteiger partial charge >= 0.3 is 0 Å². The minimum atomic E-state index is 0.134. The first-order valence-corrected chi connectivity index (χ1v) is 5.60. The molecule has 0 saturated heterocycles. The summed E-state index contributed by atoms with van der Waals surface area (Å²) in [5.74, 6) is 0.134. The van der Waals surface area contributed by atoms with Gasteiger partial charge in [-0.1, -0.05) is 0 Å². The van der Waals surface area contributed by atoms with E-state index in [0.29, 0.717) is 0 Å². The van der Waals surface area contributed by atoms with E-state index in [0.717, 1.165) is 36.2 Å². The summed E-state index contributed by atoms with van der Waals surface area (Å²) in [6.45, 7) is 2.84. The van der Waals surface area contributed by atoms with Gasteiger partial charge in [-0.2, -0.15) is 5.10 Å². The maximum absolute atomic E-state index is 12.1.